The number of ether oxygens (including phenoxy) is 1. The standard InChI is InChI=1S/C20H28N2O5.C18H24N2O5.2H2O/c1-3-27-20(26)16(12-11-15-8-5-4-6-9-15)21-14(2)18(23)22-13-7-10-17(22)19(24)25;1-12(16(21)20-11-5-8-15(20)18(24)25)19-14(17(22)23)10-9-13-6-3-2-4-7-13;;/h4-6,8-9,14,16-17,21H,3,7,10-13H2,1-2H3,(H,24,25);2-4,6-7,12,14-15,19H,5,8-11H2,1H3,(H,22,23)(H,24,25);2*1H2/t14-,16-,17-;12-,14-,15-;;/m00../s1. The van der Waals surface area contributed by atoms with Gasteiger partial charge in [0.2, 0.25) is 11.8 Å². The van der Waals surface area contributed by atoms with Crippen LogP contribution in [0.3, 0.4) is 0 Å². The number of rotatable bonds is 17. The molecule has 0 spiro atoms. The van der Waals surface area contributed by atoms with Crippen LogP contribution in [0.5, 0.6) is 0 Å². The number of aliphatic carboxylic acids is 3. The van der Waals surface area contributed by atoms with Crippen molar-refractivity contribution in [3.63, 3.8) is 0 Å². The molecule has 0 unspecified atom stereocenters. The Hall–Kier alpha value is -4.90. The van der Waals surface area contributed by atoms with Crippen LogP contribution in [0.2, 0.25) is 0 Å². The number of amides is 2. The van der Waals surface area contributed by atoms with Gasteiger partial charge >= 0.3 is 23.9 Å². The van der Waals surface area contributed by atoms with Gasteiger partial charge in [-0.15, -0.1) is 0 Å². The minimum absolute atomic E-state index is 0. The van der Waals surface area contributed by atoms with Gasteiger partial charge in [0.25, 0.3) is 0 Å². The zero-order valence-electron chi connectivity index (χ0n) is 31.1. The van der Waals surface area contributed by atoms with Gasteiger partial charge < -0.3 is 40.8 Å². The number of benzene rings is 2. The molecule has 2 amide bonds. The van der Waals surface area contributed by atoms with Gasteiger partial charge in [-0.2, -0.15) is 0 Å². The van der Waals surface area contributed by atoms with E-state index in [0.717, 1.165) is 11.1 Å². The van der Waals surface area contributed by atoms with E-state index in [-0.39, 0.29) is 29.4 Å². The minimum Gasteiger partial charge on any atom is -0.480 e. The van der Waals surface area contributed by atoms with Crippen molar-refractivity contribution in [2.45, 2.75) is 108 Å². The molecule has 0 radical (unpaired) electrons. The number of carboxylic acids is 3. The van der Waals surface area contributed by atoms with Gasteiger partial charge in [0.05, 0.1) is 18.7 Å². The van der Waals surface area contributed by atoms with Gasteiger partial charge in [-0.1, -0.05) is 60.7 Å². The molecular weight excluding hydrogens is 704 g/mol. The molecule has 2 saturated heterocycles. The highest BCUT2D eigenvalue weighted by molar-refractivity contribution is 5.89. The topological polar surface area (TPSA) is 266 Å². The Labute approximate surface area is 315 Å². The van der Waals surface area contributed by atoms with Crippen molar-refractivity contribution in [3.05, 3.63) is 71.8 Å². The lowest BCUT2D eigenvalue weighted by atomic mass is 10.0. The number of carbonyl (C=O) groups excluding carboxylic acids is 3. The van der Waals surface area contributed by atoms with Gasteiger partial charge in [0.1, 0.15) is 24.2 Å². The van der Waals surface area contributed by atoms with Gasteiger partial charge in [-0.25, -0.2) is 9.59 Å². The fraction of sp³-hybridized carbons (Fsp3) is 0.526. The highest BCUT2D eigenvalue weighted by Crippen LogP contribution is 2.20. The Bertz CT molecular complexity index is 1500. The van der Waals surface area contributed by atoms with Crippen LogP contribution in [0.25, 0.3) is 0 Å². The number of carboxylic acid groups (broad SMARTS) is 3. The van der Waals surface area contributed by atoms with E-state index in [0.29, 0.717) is 64.5 Å². The summed E-state index contributed by atoms with van der Waals surface area (Å²) in [6.45, 7) is 6.06. The van der Waals surface area contributed by atoms with Crippen LogP contribution >= 0.6 is 0 Å². The van der Waals surface area contributed by atoms with Crippen molar-refractivity contribution >= 4 is 35.7 Å². The first-order chi connectivity index (χ1) is 24.8. The van der Waals surface area contributed by atoms with Crippen molar-refractivity contribution in [2.24, 2.45) is 0 Å². The molecule has 0 aliphatic carbocycles. The average Bonchev–Trinajstić information content (AvgIpc) is 3.83. The van der Waals surface area contributed by atoms with E-state index in [1.807, 2.05) is 60.7 Å². The third-order valence-electron chi connectivity index (χ3n) is 9.28. The first kappa shape index (κ1) is 47.1. The zero-order chi connectivity index (χ0) is 38.2. The van der Waals surface area contributed by atoms with Crippen molar-refractivity contribution in [2.75, 3.05) is 19.7 Å². The van der Waals surface area contributed by atoms with Gasteiger partial charge in [0.15, 0.2) is 0 Å². The second-order valence-corrected chi connectivity index (χ2v) is 13.1. The predicted molar refractivity (Wildman–Crippen MR) is 199 cm³/mol. The summed E-state index contributed by atoms with van der Waals surface area (Å²) in [7, 11) is 0. The monoisotopic (exact) mass is 760 g/mol. The third kappa shape index (κ3) is 14.2. The number of hydrogen-bond donors (Lipinski definition) is 5. The largest absolute Gasteiger partial charge is 0.480 e. The summed E-state index contributed by atoms with van der Waals surface area (Å²) in [5.74, 6) is -4.09. The number of likely N-dealkylation sites (tertiary alicyclic amines) is 2. The third-order valence-corrected chi connectivity index (χ3v) is 9.28. The second kappa shape index (κ2) is 23.7. The molecule has 16 nitrogen and oxygen atoms in total. The first-order valence-corrected chi connectivity index (χ1v) is 17.9. The number of carbonyl (C=O) groups is 6. The van der Waals surface area contributed by atoms with E-state index in [9.17, 15) is 44.1 Å². The molecule has 300 valence electrons. The van der Waals surface area contributed by atoms with Crippen LogP contribution < -0.4 is 10.6 Å². The van der Waals surface area contributed by atoms with Gasteiger partial charge in [-0.05, 0) is 83.3 Å². The molecule has 2 aromatic carbocycles. The Kier molecular flexibility index (Phi) is 20.7. The van der Waals surface area contributed by atoms with Crippen LogP contribution in [-0.4, -0.2) is 128 Å². The SMILES string of the molecule is CCOC(=O)[C@H](CCc1ccccc1)N[C@@H](C)C(=O)N1CCC[C@H]1C(=O)O.C[C@H](N[C@@H](CCc1ccccc1)C(=O)O)C(=O)N1CCC[C@H]1C(=O)O.O.O. The van der Waals surface area contributed by atoms with Gasteiger partial charge in [-0.3, -0.25) is 29.8 Å². The molecule has 0 bridgehead atoms. The van der Waals surface area contributed by atoms with E-state index < -0.39 is 60.1 Å². The number of nitrogens with one attached hydrogen (secondary N) is 2. The molecule has 2 heterocycles. The Morgan fingerprint density at radius 2 is 1.07 bits per heavy atom. The summed E-state index contributed by atoms with van der Waals surface area (Å²) in [5.41, 5.74) is 2.12. The molecule has 0 saturated carbocycles. The van der Waals surface area contributed by atoms with Crippen LogP contribution in [-0.2, 0) is 46.3 Å². The highest BCUT2D eigenvalue weighted by atomic mass is 16.5. The molecule has 6 atom stereocenters. The molecule has 9 N–H and O–H groups in total. The van der Waals surface area contributed by atoms with Crippen molar-refractivity contribution in [1.82, 2.24) is 20.4 Å². The van der Waals surface area contributed by atoms with E-state index in [2.05, 4.69) is 10.6 Å². The fourth-order valence-electron chi connectivity index (χ4n) is 6.52. The lowest BCUT2D eigenvalue weighted by Gasteiger charge is -2.27. The van der Waals surface area contributed by atoms with Crippen LogP contribution in [0.15, 0.2) is 60.7 Å². The van der Waals surface area contributed by atoms with Crippen LogP contribution in [0.4, 0.5) is 0 Å². The Balaban J connectivity index is 0.000000522. The summed E-state index contributed by atoms with van der Waals surface area (Å²) in [6, 6.07) is 14.8. The molecule has 2 aliphatic heterocycles. The molecule has 4 rings (SSSR count). The zero-order valence-corrected chi connectivity index (χ0v) is 31.1. The van der Waals surface area contributed by atoms with E-state index >= 15 is 0 Å². The lowest BCUT2D eigenvalue weighted by molar-refractivity contribution is -0.150. The summed E-state index contributed by atoms with van der Waals surface area (Å²) in [6.07, 6.45) is 4.29. The van der Waals surface area contributed by atoms with Crippen molar-refractivity contribution in [1.29, 1.82) is 0 Å². The lowest BCUT2D eigenvalue weighted by Crippen LogP contribution is -2.53. The summed E-state index contributed by atoms with van der Waals surface area (Å²) in [4.78, 5) is 74.3. The van der Waals surface area contributed by atoms with Crippen LogP contribution in [0, 0.1) is 0 Å². The van der Waals surface area contributed by atoms with Gasteiger partial charge in [0, 0.05) is 13.1 Å². The summed E-state index contributed by atoms with van der Waals surface area (Å²) in [5, 5.41) is 33.8. The minimum atomic E-state index is -1.02. The molecule has 2 aliphatic rings. The number of nitrogens with zero attached hydrogens (tertiary/aromatic N) is 2. The fourth-order valence-corrected chi connectivity index (χ4v) is 6.52. The summed E-state index contributed by atoms with van der Waals surface area (Å²) >= 11 is 0. The maximum Gasteiger partial charge on any atom is 0.326 e. The molecule has 54 heavy (non-hydrogen) atoms. The first-order valence-electron chi connectivity index (χ1n) is 17.9. The molecule has 16 heteroatoms. The molecule has 2 fully saturated rings. The van der Waals surface area contributed by atoms with Crippen molar-refractivity contribution in [3.8, 4) is 0 Å². The molecule has 0 aromatic heterocycles. The van der Waals surface area contributed by atoms with E-state index in [1.165, 1.54) is 9.80 Å². The molecular formula is C38H56N4O12. The Morgan fingerprint density at radius 3 is 1.44 bits per heavy atom. The smallest absolute Gasteiger partial charge is 0.326 e. The number of aryl methyl sites for hydroxylation is 2. The van der Waals surface area contributed by atoms with Crippen LogP contribution in [0.1, 0.15) is 70.4 Å². The Morgan fingerprint density at radius 1 is 0.685 bits per heavy atom. The van der Waals surface area contributed by atoms with Crippen molar-refractivity contribution < 1.29 is 59.8 Å². The van der Waals surface area contributed by atoms with E-state index in [1.54, 1.807) is 20.8 Å². The summed E-state index contributed by atoms with van der Waals surface area (Å²) < 4.78 is 5.14. The molecule has 2 aromatic rings. The average molecular weight is 761 g/mol. The maximum atomic E-state index is 12.7. The highest BCUT2D eigenvalue weighted by Gasteiger charge is 2.38. The predicted octanol–water partition coefficient (Wildman–Crippen LogP) is 1.08. The van der Waals surface area contributed by atoms with E-state index in [4.69, 9.17) is 4.74 Å². The maximum absolute atomic E-state index is 12.7. The second-order valence-electron chi connectivity index (χ2n) is 13.1. The quantitative estimate of drug-likeness (QED) is 0.142. The normalized spacial score (nSPS) is 18.4. The number of hydrogen-bond acceptors (Lipinski definition) is 9. The number of esters is 1.